The number of nitrogens with one attached hydrogen (secondary N) is 1. The van der Waals surface area contributed by atoms with E-state index in [1.165, 1.54) is 0 Å². The van der Waals surface area contributed by atoms with Gasteiger partial charge in [0.05, 0.1) is 24.3 Å². The van der Waals surface area contributed by atoms with Crippen molar-refractivity contribution >= 4 is 11.9 Å². The van der Waals surface area contributed by atoms with E-state index in [-0.39, 0.29) is 35.2 Å². The Morgan fingerprint density at radius 1 is 1.31 bits per heavy atom. The second-order valence-electron chi connectivity index (χ2n) is 10.0. The molecule has 1 aromatic heterocycles. The first-order valence-corrected chi connectivity index (χ1v) is 12.2. The number of rotatable bonds is 6. The molecule has 1 aliphatic carbocycles. The van der Waals surface area contributed by atoms with Crippen LogP contribution in [0.5, 0.6) is 0 Å². The molecule has 2 fully saturated rings. The fourth-order valence-corrected chi connectivity index (χ4v) is 5.37. The topological polar surface area (TPSA) is 103 Å². The monoisotopic (exact) mass is 447 g/mol. The van der Waals surface area contributed by atoms with E-state index in [1.54, 1.807) is 0 Å². The lowest BCUT2D eigenvalue weighted by Crippen LogP contribution is -2.40. The van der Waals surface area contributed by atoms with Crippen molar-refractivity contribution in [1.82, 2.24) is 15.1 Å². The number of aryl methyl sites for hydroxylation is 1. The lowest BCUT2D eigenvalue weighted by Gasteiger charge is -2.36. The summed E-state index contributed by atoms with van der Waals surface area (Å²) in [6.07, 6.45) is 5.84. The molecule has 3 aliphatic rings. The molecule has 4 rings (SSSR count). The third kappa shape index (κ3) is 5.01. The van der Waals surface area contributed by atoms with E-state index < -0.39 is 0 Å². The molecule has 0 radical (unpaired) electrons. The summed E-state index contributed by atoms with van der Waals surface area (Å²) in [5.74, 6) is -0.183. The summed E-state index contributed by atoms with van der Waals surface area (Å²) >= 11 is 0. The van der Waals surface area contributed by atoms with Crippen molar-refractivity contribution in [3.05, 3.63) is 17.0 Å². The molecule has 0 aromatic carbocycles. The summed E-state index contributed by atoms with van der Waals surface area (Å²) in [6, 6.07) is 0. The van der Waals surface area contributed by atoms with Crippen molar-refractivity contribution in [2.75, 3.05) is 26.4 Å². The highest BCUT2D eigenvalue weighted by Crippen LogP contribution is 2.38. The average molecular weight is 448 g/mol. The Morgan fingerprint density at radius 2 is 2.03 bits per heavy atom. The van der Waals surface area contributed by atoms with Crippen LogP contribution in [0.3, 0.4) is 0 Å². The third-order valence-electron chi connectivity index (χ3n) is 7.46. The largest absolute Gasteiger partial charge is 0.465 e. The summed E-state index contributed by atoms with van der Waals surface area (Å²) in [7, 11) is 0. The van der Waals surface area contributed by atoms with Gasteiger partial charge in [-0.2, -0.15) is 5.10 Å². The van der Waals surface area contributed by atoms with Gasteiger partial charge in [0.15, 0.2) is 0 Å². The Labute approximate surface area is 190 Å². The van der Waals surface area contributed by atoms with Crippen molar-refractivity contribution in [3.8, 4) is 0 Å². The summed E-state index contributed by atoms with van der Waals surface area (Å²) in [6.45, 7) is 7.19. The van der Waals surface area contributed by atoms with E-state index in [0.29, 0.717) is 57.5 Å². The van der Waals surface area contributed by atoms with Crippen molar-refractivity contribution in [2.24, 2.45) is 17.3 Å². The molecule has 2 aliphatic heterocycles. The van der Waals surface area contributed by atoms with E-state index in [9.17, 15) is 14.7 Å². The number of hydrogen-bond acceptors (Lipinski definition) is 6. The Hall–Kier alpha value is -1.93. The van der Waals surface area contributed by atoms with Crippen LogP contribution in [0.1, 0.15) is 74.1 Å². The van der Waals surface area contributed by atoms with Gasteiger partial charge in [0.25, 0.3) is 5.91 Å². The number of fused-ring (bicyclic) bond motifs is 1. The summed E-state index contributed by atoms with van der Waals surface area (Å²) in [5, 5.41) is 17.6. The van der Waals surface area contributed by atoms with E-state index in [1.807, 2.05) is 11.6 Å². The van der Waals surface area contributed by atoms with Crippen LogP contribution in [0, 0.1) is 17.3 Å². The zero-order valence-electron chi connectivity index (χ0n) is 19.4. The Balaban J connectivity index is 1.44. The van der Waals surface area contributed by atoms with E-state index in [0.717, 1.165) is 43.7 Å². The lowest BCUT2D eigenvalue weighted by molar-refractivity contribution is -0.151. The fourth-order valence-electron chi connectivity index (χ4n) is 5.37. The molecule has 1 atom stereocenters. The van der Waals surface area contributed by atoms with Gasteiger partial charge >= 0.3 is 5.97 Å². The Kier molecular flexibility index (Phi) is 7.20. The molecule has 0 bridgehead atoms. The van der Waals surface area contributed by atoms with Crippen molar-refractivity contribution in [3.63, 3.8) is 0 Å². The van der Waals surface area contributed by atoms with E-state index in [4.69, 9.17) is 14.6 Å². The standard InChI is InChI=1S/C24H37N3O5/c1-3-27-21-19(13-24(15-25-22(21)29)8-10-31-11-9-24)20(26-27)12-16(2)14-32-23(30)17-4-6-18(28)7-5-17/h16-18,28H,3-15H2,1-2H3,(H,25,29)/t16-,17?,18?/m1/s1. The minimum Gasteiger partial charge on any atom is -0.465 e. The first-order valence-electron chi connectivity index (χ1n) is 12.2. The SMILES string of the molecule is CCn1nc(C[C@@H](C)COC(=O)C2CCC(O)CC2)c2c1C(=O)NCC1(CCOCC1)C2. The second kappa shape index (κ2) is 9.91. The molecule has 1 aromatic rings. The third-order valence-corrected chi connectivity index (χ3v) is 7.46. The number of amides is 1. The lowest BCUT2D eigenvalue weighted by atomic mass is 9.75. The van der Waals surface area contributed by atoms with Crippen LogP contribution < -0.4 is 5.32 Å². The van der Waals surface area contributed by atoms with Gasteiger partial charge in [-0.1, -0.05) is 6.92 Å². The molecular formula is C24H37N3O5. The van der Waals surface area contributed by atoms with E-state index in [2.05, 4.69) is 12.2 Å². The van der Waals surface area contributed by atoms with Gasteiger partial charge in [-0.25, -0.2) is 0 Å². The number of nitrogens with zero attached hydrogens (tertiary/aromatic N) is 2. The molecule has 32 heavy (non-hydrogen) atoms. The van der Waals surface area contributed by atoms with Crippen LogP contribution in [0.2, 0.25) is 0 Å². The number of carbonyl (C=O) groups is 2. The highest BCUT2D eigenvalue weighted by Gasteiger charge is 2.39. The maximum atomic E-state index is 12.9. The maximum Gasteiger partial charge on any atom is 0.308 e. The zero-order valence-corrected chi connectivity index (χ0v) is 19.4. The van der Waals surface area contributed by atoms with Crippen LogP contribution in [-0.2, 0) is 33.7 Å². The van der Waals surface area contributed by atoms with Gasteiger partial charge in [0.2, 0.25) is 0 Å². The van der Waals surface area contributed by atoms with Crippen molar-refractivity contribution < 1.29 is 24.2 Å². The van der Waals surface area contributed by atoms with Crippen LogP contribution in [0.25, 0.3) is 0 Å². The molecule has 1 saturated carbocycles. The number of aliphatic hydroxyl groups is 1. The molecule has 178 valence electrons. The predicted octanol–water partition coefficient (Wildman–Crippen LogP) is 2.26. The highest BCUT2D eigenvalue weighted by atomic mass is 16.5. The molecule has 2 N–H and O–H groups in total. The molecule has 8 heteroatoms. The van der Waals surface area contributed by atoms with Crippen molar-refractivity contribution in [1.29, 1.82) is 0 Å². The minimum atomic E-state index is -0.280. The molecule has 1 amide bonds. The number of hydrogen-bond donors (Lipinski definition) is 2. The van der Waals surface area contributed by atoms with Crippen LogP contribution in [0.15, 0.2) is 0 Å². The van der Waals surface area contributed by atoms with Gasteiger partial charge in [0.1, 0.15) is 5.69 Å². The predicted molar refractivity (Wildman–Crippen MR) is 118 cm³/mol. The number of aromatic nitrogens is 2. The Bertz CT molecular complexity index is 822. The average Bonchev–Trinajstić information content (AvgIpc) is 3.06. The normalized spacial score (nSPS) is 26.2. The first-order chi connectivity index (χ1) is 15.4. The maximum absolute atomic E-state index is 12.9. The number of carbonyl (C=O) groups excluding carboxylic acids is 2. The van der Waals surface area contributed by atoms with E-state index >= 15 is 0 Å². The van der Waals surface area contributed by atoms with Crippen LogP contribution >= 0.6 is 0 Å². The molecular weight excluding hydrogens is 410 g/mol. The number of ether oxygens (including phenoxy) is 2. The van der Waals surface area contributed by atoms with Crippen molar-refractivity contribution in [2.45, 2.75) is 77.9 Å². The minimum absolute atomic E-state index is 0.0246. The van der Waals surface area contributed by atoms with Crippen LogP contribution in [-0.4, -0.2) is 59.2 Å². The smallest absolute Gasteiger partial charge is 0.308 e. The van der Waals surface area contributed by atoms with Gasteiger partial charge in [-0.3, -0.25) is 14.3 Å². The molecule has 0 unspecified atom stereocenters. The quantitative estimate of drug-likeness (QED) is 0.649. The molecule has 1 saturated heterocycles. The Morgan fingerprint density at radius 3 is 2.72 bits per heavy atom. The van der Waals surface area contributed by atoms with Gasteiger partial charge in [-0.05, 0) is 69.6 Å². The number of esters is 1. The van der Waals surface area contributed by atoms with Gasteiger partial charge in [0, 0.05) is 31.9 Å². The zero-order chi connectivity index (χ0) is 22.7. The first kappa shape index (κ1) is 23.2. The van der Waals surface area contributed by atoms with Gasteiger partial charge in [-0.15, -0.1) is 0 Å². The molecule has 3 heterocycles. The number of aliphatic hydroxyl groups excluding tert-OH is 1. The summed E-state index contributed by atoms with van der Waals surface area (Å²) in [5.41, 5.74) is 2.73. The molecule has 8 nitrogen and oxygen atoms in total. The van der Waals surface area contributed by atoms with Gasteiger partial charge < -0.3 is 19.9 Å². The summed E-state index contributed by atoms with van der Waals surface area (Å²) < 4.78 is 13.0. The fraction of sp³-hybridized carbons (Fsp3) is 0.792. The molecule has 1 spiro atoms. The second-order valence-corrected chi connectivity index (χ2v) is 10.0. The highest BCUT2D eigenvalue weighted by molar-refractivity contribution is 5.94. The summed E-state index contributed by atoms with van der Waals surface area (Å²) in [4.78, 5) is 25.4. The van der Waals surface area contributed by atoms with Crippen LogP contribution in [0.4, 0.5) is 0 Å².